The van der Waals surface area contributed by atoms with Gasteiger partial charge in [-0.15, -0.1) is 23.7 Å². The van der Waals surface area contributed by atoms with Crippen LogP contribution in [0.4, 0.5) is 5.69 Å². The van der Waals surface area contributed by atoms with Crippen molar-refractivity contribution in [1.29, 1.82) is 0 Å². The first kappa shape index (κ1) is 19.3. The van der Waals surface area contributed by atoms with Gasteiger partial charge in [0.05, 0.1) is 4.88 Å². The molecule has 7 heteroatoms. The van der Waals surface area contributed by atoms with E-state index in [1.165, 1.54) is 11.3 Å². The maximum absolute atomic E-state index is 12.5. The molecule has 3 rings (SSSR count). The molecule has 1 aliphatic heterocycles. The van der Waals surface area contributed by atoms with Crippen molar-refractivity contribution in [3.8, 4) is 0 Å². The fourth-order valence-corrected chi connectivity index (χ4v) is 3.66. The lowest BCUT2D eigenvalue weighted by molar-refractivity contribution is 0.0698. The molecule has 1 aromatic heterocycles. The molecule has 0 radical (unpaired) electrons. The van der Waals surface area contributed by atoms with Crippen LogP contribution in [0.25, 0.3) is 0 Å². The summed E-state index contributed by atoms with van der Waals surface area (Å²) in [4.78, 5) is 28.4. The van der Waals surface area contributed by atoms with Gasteiger partial charge < -0.3 is 16.0 Å². The number of halogens is 1. The zero-order chi connectivity index (χ0) is 17.1. The topological polar surface area (TPSA) is 75.4 Å². The summed E-state index contributed by atoms with van der Waals surface area (Å²) in [6.07, 6.45) is 1.54. The van der Waals surface area contributed by atoms with Crippen LogP contribution < -0.4 is 11.1 Å². The zero-order valence-corrected chi connectivity index (χ0v) is 15.7. The third-order valence-corrected chi connectivity index (χ3v) is 5.21. The standard InChI is InChI=1S/C18H21N3O2S.ClH/c1-12-5-6-16(24-12)17(22)20-15-7-9-21(10-8-15)18(23)13-3-2-4-14(19)11-13;/h2-6,11,15H,7-10,19H2,1H3,(H,20,22);1H. The lowest BCUT2D eigenvalue weighted by Gasteiger charge is -2.32. The summed E-state index contributed by atoms with van der Waals surface area (Å²) in [6, 6.07) is 11.0. The van der Waals surface area contributed by atoms with Gasteiger partial charge in [-0.25, -0.2) is 0 Å². The Bertz CT molecular complexity index is 754. The second-order valence-electron chi connectivity index (χ2n) is 6.08. The highest BCUT2D eigenvalue weighted by Gasteiger charge is 2.25. The van der Waals surface area contributed by atoms with Gasteiger partial charge in [-0.05, 0) is 50.1 Å². The van der Waals surface area contributed by atoms with E-state index in [0.29, 0.717) is 24.3 Å². The van der Waals surface area contributed by atoms with Crippen LogP contribution in [-0.4, -0.2) is 35.8 Å². The SMILES string of the molecule is Cc1ccc(C(=O)NC2CCN(C(=O)c3cccc(N)c3)CC2)s1.Cl. The van der Waals surface area contributed by atoms with Crippen molar-refractivity contribution in [3.05, 3.63) is 51.7 Å². The largest absolute Gasteiger partial charge is 0.399 e. The number of aryl methyl sites for hydroxylation is 1. The van der Waals surface area contributed by atoms with Gasteiger partial charge in [0.2, 0.25) is 0 Å². The molecule has 0 unspecified atom stereocenters. The number of carbonyl (C=O) groups is 2. The molecule has 2 amide bonds. The van der Waals surface area contributed by atoms with Crippen LogP contribution >= 0.6 is 23.7 Å². The Labute approximate surface area is 157 Å². The number of nitrogen functional groups attached to an aromatic ring is 1. The number of amides is 2. The van der Waals surface area contributed by atoms with Gasteiger partial charge in [0.1, 0.15) is 0 Å². The number of nitrogens with zero attached hydrogens (tertiary/aromatic N) is 1. The molecule has 0 saturated carbocycles. The van der Waals surface area contributed by atoms with Crippen LogP contribution in [0.3, 0.4) is 0 Å². The highest BCUT2D eigenvalue weighted by molar-refractivity contribution is 7.13. The van der Waals surface area contributed by atoms with Crippen LogP contribution in [0.5, 0.6) is 0 Å². The lowest BCUT2D eigenvalue weighted by atomic mass is 10.0. The van der Waals surface area contributed by atoms with Gasteiger partial charge in [-0.3, -0.25) is 9.59 Å². The van der Waals surface area contributed by atoms with Crippen LogP contribution in [0.1, 0.15) is 37.7 Å². The predicted octanol–water partition coefficient (Wildman–Crippen LogP) is 3.10. The number of hydrogen-bond acceptors (Lipinski definition) is 4. The molecule has 1 aliphatic rings. The zero-order valence-electron chi connectivity index (χ0n) is 14.0. The van der Waals surface area contributed by atoms with Crippen molar-refractivity contribution in [2.45, 2.75) is 25.8 Å². The van der Waals surface area contributed by atoms with E-state index in [-0.39, 0.29) is 30.3 Å². The molecule has 1 saturated heterocycles. The predicted molar refractivity (Wildman–Crippen MR) is 104 cm³/mol. The van der Waals surface area contributed by atoms with Crippen LogP contribution in [-0.2, 0) is 0 Å². The Morgan fingerprint density at radius 1 is 1.20 bits per heavy atom. The molecule has 25 heavy (non-hydrogen) atoms. The minimum Gasteiger partial charge on any atom is -0.399 e. The minimum absolute atomic E-state index is 0. The van der Waals surface area contributed by atoms with Crippen LogP contribution in [0, 0.1) is 6.92 Å². The van der Waals surface area contributed by atoms with E-state index in [2.05, 4.69) is 5.32 Å². The summed E-state index contributed by atoms with van der Waals surface area (Å²) < 4.78 is 0. The average molecular weight is 380 g/mol. The van der Waals surface area contributed by atoms with E-state index >= 15 is 0 Å². The first-order valence-electron chi connectivity index (χ1n) is 8.05. The number of hydrogen-bond donors (Lipinski definition) is 2. The van der Waals surface area contributed by atoms with E-state index in [1.807, 2.05) is 24.0 Å². The van der Waals surface area contributed by atoms with Crippen LogP contribution in [0.15, 0.2) is 36.4 Å². The molecule has 1 fully saturated rings. The Hall–Kier alpha value is -2.05. The Morgan fingerprint density at radius 3 is 2.52 bits per heavy atom. The van der Waals surface area contributed by atoms with Gasteiger partial charge in [0, 0.05) is 35.3 Å². The molecule has 0 aliphatic carbocycles. The summed E-state index contributed by atoms with van der Waals surface area (Å²) in [5.41, 5.74) is 6.95. The highest BCUT2D eigenvalue weighted by atomic mass is 35.5. The van der Waals surface area contributed by atoms with E-state index < -0.39 is 0 Å². The van der Waals surface area contributed by atoms with Crippen molar-refractivity contribution >= 4 is 41.2 Å². The third-order valence-electron chi connectivity index (χ3n) is 4.22. The summed E-state index contributed by atoms with van der Waals surface area (Å²) in [7, 11) is 0. The van der Waals surface area contributed by atoms with Crippen molar-refractivity contribution in [2.75, 3.05) is 18.8 Å². The Balaban J connectivity index is 0.00000225. The number of rotatable bonds is 3. The Kier molecular flexibility index (Phi) is 6.45. The molecule has 0 bridgehead atoms. The second-order valence-corrected chi connectivity index (χ2v) is 7.36. The number of piperidine rings is 1. The number of thiophene rings is 1. The van der Waals surface area contributed by atoms with Gasteiger partial charge >= 0.3 is 0 Å². The van der Waals surface area contributed by atoms with Gasteiger partial charge in [0.15, 0.2) is 0 Å². The summed E-state index contributed by atoms with van der Waals surface area (Å²) >= 11 is 1.50. The molecular formula is C18H22ClN3O2S. The first-order valence-corrected chi connectivity index (χ1v) is 8.86. The van der Waals surface area contributed by atoms with E-state index in [9.17, 15) is 9.59 Å². The Morgan fingerprint density at radius 2 is 1.92 bits per heavy atom. The number of nitrogens with two attached hydrogens (primary N) is 1. The number of anilines is 1. The molecule has 5 nitrogen and oxygen atoms in total. The third kappa shape index (κ3) is 4.74. The fraction of sp³-hybridized carbons (Fsp3) is 0.333. The van der Waals surface area contributed by atoms with Gasteiger partial charge in [0.25, 0.3) is 11.8 Å². The van der Waals surface area contributed by atoms with Crippen molar-refractivity contribution < 1.29 is 9.59 Å². The van der Waals surface area contributed by atoms with Crippen LogP contribution in [0.2, 0.25) is 0 Å². The number of carbonyl (C=O) groups excluding carboxylic acids is 2. The highest BCUT2D eigenvalue weighted by Crippen LogP contribution is 2.18. The molecule has 0 atom stereocenters. The molecule has 134 valence electrons. The quantitative estimate of drug-likeness (QED) is 0.804. The maximum Gasteiger partial charge on any atom is 0.261 e. The average Bonchev–Trinajstić information content (AvgIpc) is 3.01. The second kappa shape index (κ2) is 8.36. The number of nitrogens with one attached hydrogen (secondary N) is 1. The van der Waals surface area contributed by atoms with Crippen molar-refractivity contribution in [3.63, 3.8) is 0 Å². The molecule has 0 spiro atoms. The fourth-order valence-electron chi connectivity index (χ4n) is 2.89. The monoisotopic (exact) mass is 379 g/mol. The molecule has 1 aromatic carbocycles. The van der Waals surface area contributed by atoms with E-state index in [4.69, 9.17) is 5.73 Å². The van der Waals surface area contributed by atoms with E-state index in [1.54, 1.807) is 24.3 Å². The summed E-state index contributed by atoms with van der Waals surface area (Å²) in [5.74, 6) is -0.0188. The smallest absolute Gasteiger partial charge is 0.261 e. The molecule has 2 aromatic rings. The molecule has 3 N–H and O–H groups in total. The molecule has 2 heterocycles. The molecular weight excluding hydrogens is 358 g/mol. The minimum atomic E-state index is -0.0197. The summed E-state index contributed by atoms with van der Waals surface area (Å²) in [6.45, 7) is 3.27. The lowest BCUT2D eigenvalue weighted by Crippen LogP contribution is -2.46. The maximum atomic E-state index is 12.5. The van der Waals surface area contributed by atoms with Gasteiger partial charge in [-0.2, -0.15) is 0 Å². The normalized spacial score (nSPS) is 14.7. The number of benzene rings is 1. The van der Waals surface area contributed by atoms with E-state index in [0.717, 1.165) is 22.6 Å². The number of likely N-dealkylation sites (tertiary alicyclic amines) is 1. The first-order chi connectivity index (χ1) is 11.5. The van der Waals surface area contributed by atoms with Crippen molar-refractivity contribution in [2.24, 2.45) is 0 Å². The van der Waals surface area contributed by atoms with Crippen molar-refractivity contribution in [1.82, 2.24) is 10.2 Å². The van der Waals surface area contributed by atoms with Gasteiger partial charge in [-0.1, -0.05) is 6.07 Å². The summed E-state index contributed by atoms with van der Waals surface area (Å²) in [5, 5.41) is 3.07.